The Balaban J connectivity index is 1.48. The number of nitrogens with zero attached hydrogens (tertiary/aromatic N) is 1. The molecule has 0 spiro atoms. The lowest BCUT2D eigenvalue weighted by Crippen LogP contribution is -2.28. The summed E-state index contributed by atoms with van der Waals surface area (Å²) >= 11 is 0. The maximum atomic E-state index is 12.4. The number of hydrogen-bond donors (Lipinski definition) is 1. The second-order valence-electron chi connectivity index (χ2n) is 7.82. The normalized spacial score (nSPS) is 15.2. The molecular weight excluding hydrogens is 424 g/mol. The van der Waals surface area contributed by atoms with Crippen LogP contribution in [0.25, 0.3) is 0 Å². The summed E-state index contributed by atoms with van der Waals surface area (Å²) < 4.78 is 10.3. The molecule has 3 rings (SSSR count). The molecule has 1 atom stereocenters. The third kappa shape index (κ3) is 6.90. The Labute approximate surface area is 192 Å². The molecule has 8 heteroatoms. The van der Waals surface area contributed by atoms with Gasteiger partial charge in [0.15, 0.2) is 6.61 Å². The van der Waals surface area contributed by atoms with Gasteiger partial charge in [0.1, 0.15) is 0 Å². The van der Waals surface area contributed by atoms with Gasteiger partial charge >= 0.3 is 11.9 Å². The lowest BCUT2D eigenvalue weighted by Gasteiger charge is -2.17. The van der Waals surface area contributed by atoms with Gasteiger partial charge < -0.3 is 19.7 Å². The van der Waals surface area contributed by atoms with Gasteiger partial charge in [0.25, 0.3) is 5.91 Å². The first-order valence-corrected chi connectivity index (χ1v) is 11.1. The summed E-state index contributed by atoms with van der Waals surface area (Å²) in [5.74, 6) is -2.33. The molecule has 1 fully saturated rings. The minimum atomic E-state index is -0.662. The van der Waals surface area contributed by atoms with Crippen LogP contribution in [0.3, 0.4) is 0 Å². The van der Waals surface area contributed by atoms with Gasteiger partial charge in [-0.3, -0.25) is 14.4 Å². The number of hydrogen-bond acceptors (Lipinski definition) is 6. The van der Waals surface area contributed by atoms with E-state index in [4.69, 9.17) is 9.47 Å². The fourth-order valence-corrected chi connectivity index (χ4v) is 3.47. The van der Waals surface area contributed by atoms with E-state index in [0.29, 0.717) is 23.5 Å². The molecule has 1 aliphatic rings. The van der Waals surface area contributed by atoms with Gasteiger partial charge in [-0.05, 0) is 42.8 Å². The van der Waals surface area contributed by atoms with E-state index in [1.807, 2.05) is 6.07 Å². The lowest BCUT2D eigenvalue weighted by molar-refractivity contribution is -0.151. The molecule has 2 amide bonds. The molecule has 1 N–H and O–H groups in total. The minimum absolute atomic E-state index is 0.000356. The topological polar surface area (TPSA) is 102 Å². The second-order valence-corrected chi connectivity index (χ2v) is 7.82. The molecule has 0 radical (unpaired) electrons. The molecule has 1 saturated heterocycles. The van der Waals surface area contributed by atoms with Crippen LogP contribution < -0.4 is 10.2 Å². The molecule has 0 aromatic heterocycles. The number of unbranched alkanes of at least 4 members (excludes halogenated alkanes) is 2. The lowest BCUT2D eigenvalue weighted by atomic mass is 10.1. The van der Waals surface area contributed by atoms with E-state index in [0.717, 1.165) is 19.3 Å². The van der Waals surface area contributed by atoms with Crippen LogP contribution in [0.2, 0.25) is 0 Å². The van der Waals surface area contributed by atoms with Crippen molar-refractivity contribution in [2.45, 2.75) is 32.6 Å². The quantitative estimate of drug-likeness (QED) is 0.437. The molecule has 2 aromatic carbocycles. The van der Waals surface area contributed by atoms with Crippen LogP contribution in [0.5, 0.6) is 0 Å². The molecule has 0 unspecified atom stereocenters. The molecule has 33 heavy (non-hydrogen) atoms. The van der Waals surface area contributed by atoms with Crippen molar-refractivity contribution in [3.05, 3.63) is 60.2 Å². The van der Waals surface area contributed by atoms with Gasteiger partial charge in [-0.25, -0.2) is 4.79 Å². The molecule has 0 saturated carbocycles. The van der Waals surface area contributed by atoms with Gasteiger partial charge in [-0.1, -0.05) is 38.0 Å². The standard InChI is InChI=1S/C25H28N2O6/c1-2-3-7-14-32-24(30)18-10-12-21(13-11-18)27-16-19(15-23(27)29)25(31)33-17-22(28)26-20-8-5-4-6-9-20/h4-6,8-13,19H,2-3,7,14-17H2,1H3,(H,26,28)/t19-/m0/s1. The van der Waals surface area contributed by atoms with Crippen molar-refractivity contribution in [1.29, 1.82) is 0 Å². The van der Waals surface area contributed by atoms with Crippen LogP contribution in [0, 0.1) is 5.92 Å². The first kappa shape index (κ1) is 24.0. The number of benzene rings is 2. The van der Waals surface area contributed by atoms with E-state index >= 15 is 0 Å². The summed E-state index contributed by atoms with van der Waals surface area (Å²) in [6.07, 6.45) is 2.88. The van der Waals surface area contributed by atoms with Crippen LogP contribution in [-0.4, -0.2) is 43.5 Å². The Morgan fingerprint density at radius 3 is 2.42 bits per heavy atom. The predicted molar refractivity (Wildman–Crippen MR) is 123 cm³/mol. The molecule has 1 heterocycles. The monoisotopic (exact) mass is 452 g/mol. The smallest absolute Gasteiger partial charge is 0.338 e. The van der Waals surface area contributed by atoms with E-state index in [2.05, 4.69) is 12.2 Å². The van der Waals surface area contributed by atoms with Crippen LogP contribution in [0.4, 0.5) is 11.4 Å². The zero-order valence-corrected chi connectivity index (χ0v) is 18.6. The van der Waals surface area contributed by atoms with Crippen molar-refractivity contribution in [3.8, 4) is 0 Å². The number of amides is 2. The fourth-order valence-electron chi connectivity index (χ4n) is 3.47. The summed E-state index contributed by atoms with van der Waals surface area (Å²) in [5, 5.41) is 2.63. The molecule has 0 aliphatic carbocycles. The van der Waals surface area contributed by atoms with Crippen molar-refractivity contribution in [2.24, 2.45) is 5.92 Å². The zero-order chi connectivity index (χ0) is 23.6. The van der Waals surface area contributed by atoms with Gasteiger partial charge in [0.05, 0.1) is 18.1 Å². The zero-order valence-electron chi connectivity index (χ0n) is 18.6. The number of esters is 2. The fraction of sp³-hybridized carbons (Fsp3) is 0.360. The third-order valence-electron chi connectivity index (χ3n) is 5.26. The Morgan fingerprint density at radius 2 is 1.73 bits per heavy atom. The highest BCUT2D eigenvalue weighted by molar-refractivity contribution is 6.00. The maximum absolute atomic E-state index is 12.4. The molecule has 1 aliphatic heterocycles. The van der Waals surface area contributed by atoms with Crippen LogP contribution >= 0.6 is 0 Å². The summed E-state index contributed by atoms with van der Waals surface area (Å²) in [6.45, 7) is 2.19. The van der Waals surface area contributed by atoms with Gasteiger partial charge in [0.2, 0.25) is 5.91 Å². The average molecular weight is 453 g/mol. The van der Waals surface area contributed by atoms with Crippen molar-refractivity contribution >= 4 is 35.1 Å². The van der Waals surface area contributed by atoms with Crippen molar-refractivity contribution < 1.29 is 28.7 Å². The number of anilines is 2. The van der Waals surface area contributed by atoms with E-state index in [-0.39, 0.29) is 18.9 Å². The number of ether oxygens (including phenoxy) is 2. The van der Waals surface area contributed by atoms with Crippen LogP contribution in [0.1, 0.15) is 43.0 Å². The Bertz CT molecular complexity index is 974. The highest BCUT2D eigenvalue weighted by Crippen LogP contribution is 2.26. The van der Waals surface area contributed by atoms with E-state index < -0.39 is 30.4 Å². The number of para-hydroxylation sites is 1. The van der Waals surface area contributed by atoms with Gasteiger partial charge in [-0.2, -0.15) is 0 Å². The summed E-state index contributed by atoms with van der Waals surface area (Å²) in [5.41, 5.74) is 1.59. The molecule has 8 nitrogen and oxygen atoms in total. The largest absolute Gasteiger partial charge is 0.462 e. The minimum Gasteiger partial charge on any atom is -0.462 e. The number of carbonyl (C=O) groups is 4. The number of rotatable bonds is 10. The first-order chi connectivity index (χ1) is 16.0. The summed E-state index contributed by atoms with van der Waals surface area (Å²) in [6, 6.07) is 15.4. The highest BCUT2D eigenvalue weighted by atomic mass is 16.5. The SMILES string of the molecule is CCCCCOC(=O)c1ccc(N2C[C@@H](C(=O)OCC(=O)Nc3ccccc3)CC2=O)cc1. The molecule has 0 bridgehead atoms. The number of nitrogens with one attached hydrogen (secondary N) is 1. The molecular formula is C25H28N2O6. The van der Waals surface area contributed by atoms with E-state index in [1.165, 1.54) is 4.90 Å². The summed E-state index contributed by atoms with van der Waals surface area (Å²) in [4.78, 5) is 50.3. The highest BCUT2D eigenvalue weighted by Gasteiger charge is 2.36. The van der Waals surface area contributed by atoms with E-state index in [1.54, 1.807) is 48.5 Å². The van der Waals surface area contributed by atoms with Crippen molar-refractivity contribution in [2.75, 3.05) is 30.0 Å². The van der Waals surface area contributed by atoms with Gasteiger partial charge in [-0.15, -0.1) is 0 Å². The Hall–Kier alpha value is -3.68. The third-order valence-corrected chi connectivity index (χ3v) is 5.26. The molecule has 2 aromatic rings. The average Bonchev–Trinajstić information content (AvgIpc) is 3.22. The number of carbonyl (C=O) groups excluding carboxylic acids is 4. The second kappa shape index (κ2) is 11.8. The van der Waals surface area contributed by atoms with Crippen molar-refractivity contribution in [1.82, 2.24) is 0 Å². The van der Waals surface area contributed by atoms with Crippen LogP contribution in [-0.2, 0) is 23.9 Å². The predicted octanol–water partition coefficient (Wildman–Crippen LogP) is 3.57. The molecule has 174 valence electrons. The van der Waals surface area contributed by atoms with Crippen molar-refractivity contribution in [3.63, 3.8) is 0 Å². The van der Waals surface area contributed by atoms with Crippen LogP contribution in [0.15, 0.2) is 54.6 Å². The Morgan fingerprint density at radius 1 is 1.00 bits per heavy atom. The maximum Gasteiger partial charge on any atom is 0.338 e. The first-order valence-electron chi connectivity index (χ1n) is 11.1. The van der Waals surface area contributed by atoms with Gasteiger partial charge in [0, 0.05) is 24.3 Å². The van der Waals surface area contributed by atoms with E-state index in [9.17, 15) is 19.2 Å². The Kier molecular flexibility index (Phi) is 8.57. The summed E-state index contributed by atoms with van der Waals surface area (Å²) in [7, 11) is 0.